The van der Waals surface area contributed by atoms with Crippen molar-refractivity contribution in [3.63, 3.8) is 0 Å². The van der Waals surface area contributed by atoms with Gasteiger partial charge in [0.15, 0.2) is 10.5 Å². The maximum absolute atomic E-state index is 11.6. The molecule has 0 aromatic heterocycles. The van der Waals surface area contributed by atoms with Crippen LogP contribution in [0.25, 0.3) is 0 Å². The zero-order chi connectivity index (χ0) is 13.4. The normalized spacial score (nSPS) is 29.1. The van der Waals surface area contributed by atoms with Crippen LogP contribution in [0.3, 0.4) is 0 Å². The van der Waals surface area contributed by atoms with E-state index in [1.165, 1.54) is 0 Å². The maximum Gasteiger partial charge on any atom is 0.323 e. The highest BCUT2D eigenvalue weighted by atomic mass is 32.3. The van der Waals surface area contributed by atoms with E-state index < -0.39 is 44.0 Å². The molecule has 1 saturated heterocycles. The summed E-state index contributed by atoms with van der Waals surface area (Å²) >= 11 is 0. The summed E-state index contributed by atoms with van der Waals surface area (Å²) in [5.74, 6) is -4.38. The molecule has 1 heterocycles. The number of carboxylic acid groups (broad SMARTS) is 2. The van der Waals surface area contributed by atoms with Gasteiger partial charge < -0.3 is 10.2 Å². The van der Waals surface area contributed by atoms with Crippen LogP contribution in [0.4, 0.5) is 0 Å². The van der Waals surface area contributed by atoms with Crippen LogP contribution >= 0.6 is 10.0 Å². The number of hydrogen-bond donors (Lipinski definition) is 2. The minimum Gasteiger partial charge on any atom is -0.480 e. The predicted molar refractivity (Wildman–Crippen MR) is 61.5 cm³/mol. The second kappa shape index (κ2) is 4.48. The Morgan fingerprint density at radius 1 is 1.00 bits per heavy atom. The third kappa shape index (κ3) is 1.74. The molecule has 2 N–H and O–H groups in total. The SMILES string of the molecule is CCS1(CC)C(C(=O)O)C(=O)C(=O)C1C(=O)O. The Bertz CT molecular complexity index is 364. The zero-order valence-corrected chi connectivity index (χ0v) is 10.3. The van der Waals surface area contributed by atoms with Crippen LogP contribution in [0.5, 0.6) is 0 Å². The minimum atomic E-state index is -2.31. The van der Waals surface area contributed by atoms with Crippen molar-refractivity contribution in [2.45, 2.75) is 24.3 Å². The molecule has 2 unspecified atom stereocenters. The van der Waals surface area contributed by atoms with E-state index in [-0.39, 0.29) is 11.5 Å². The molecule has 0 aromatic carbocycles. The van der Waals surface area contributed by atoms with Gasteiger partial charge in [-0.15, -0.1) is 0 Å². The van der Waals surface area contributed by atoms with Crippen LogP contribution in [0.2, 0.25) is 0 Å². The lowest BCUT2D eigenvalue weighted by Crippen LogP contribution is -2.36. The van der Waals surface area contributed by atoms with Crippen LogP contribution in [0.15, 0.2) is 0 Å². The van der Waals surface area contributed by atoms with Gasteiger partial charge in [0.2, 0.25) is 11.6 Å². The number of aliphatic carboxylic acids is 2. The summed E-state index contributed by atoms with van der Waals surface area (Å²) in [7, 11) is -2.31. The van der Waals surface area contributed by atoms with Crippen molar-refractivity contribution in [1.29, 1.82) is 0 Å². The molecule has 0 saturated carbocycles. The molecule has 0 bridgehead atoms. The van der Waals surface area contributed by atoms with Gasteiger partial charge in [0.05, 0.1) is 0 Å². The molecule has 0 amide bonds. The highest BCUT2D eigenvalue weighted by molar-refractivity contribution is 8.37. The molecule has 96 valence electrons. The topological polar surface area (TPSA) is 109 Å². The van der Waals surface area contributed by atoms with E-state index >= 15 is 0 Å². The van der Waals surface area contributed by atoms with Gasteiger partial charge in [0.1, 0.15) is 0 Å². The van der Waals surface area contributed by atoms with Gasteiger partial charge in [-0.25, -0.2) is 10.0 Å². The quantitative estimate of drug-likeness (QED) is 0.540. The summed E-state index contributed by atoms with van der Waals surface area (Å²) in [5, 5.41) is 15.2. The fraction of sp³-hybridized carbons (Fsp3) is 0.600. The molecular formula is C10H14O6S. The average Bonchev–Trinajstić information content (AvgIpc) is 2.48. The number of carbonyl (C=O) groups excluding carboxylic acids is 2. The first-order chi connectivity index (χ1) is 7.83. The van der Waals surface area contributed by atoms with Gasteiger partial charge in [-0.05, 0) is 11.5 Å². The molecule has 6 nitrogen and oxygen atoms in total. The largest absolute Gasteiger partial charge is 0.480 e. The lowest BCUT2D eigenvalue weighted by Gasteiger charge is -2.39. The van der Waals surface area contributed by atoms with E-state index in [1.54, 1.807) is 13.8 Å². The predicted octanol–water partition coefficient (Wildman–Crippen LogP) is -0.111. The first-order valence-electron chi connectivity index (χ1n) is 5.13. The lowest BCUT2D eigenvalue weighted by molar-refractivity contribution is -0.146. The van der Waals surface area contributed by atoms with Crippen LogP contribution in [-0.4, -0.2) is 55.7 Å². The van der Waals surface area contributed by atoms with E-state index in [2.05, 4.69) is 0 Å². The Kier molecular flexibility index (Phi) is 3.61. The van der Waals surface area contributed by atoms with E-state index in [0.29, 0.717) is 0 Å². The Hall–Kier alpha value is -1.37. The number of rotatable bonds is 4. The Balaban J connectivity index is 3.43. The van der Waals surface area contributed by atoms with Crippen LogP contribution in [0.1, 0.15) is 13.8 Å². The van der Waals surface area contributed by atoms with Crippen molar-refractivity contribution in [2.24, 2.45) is 0 Å². The number of Topliss-reactive ketones (excluding diaryl/α,β-unsaturated/α-hetero) is 2. The Morgan fingerprint density at radius 2 is 1.29 bits per heavy atom. The van der Waals surface area contributed by atoms with Gasteiger partial charge in [-0.2, -0.15) is 0 Å². The fourth-order valence-electron chi connectivity index (χ4n) is 2.32. The van der Waals surface area contributed by atoms with Crippen LogP contribution < -0.4 is 0 Å². The molecule has 0 radical (unpaired) electrons. The first-order valence-corrected chi connectivity index (χ1v) is 7.23. The number of carboxylic acids is 2. The van der Waals surface area contributed by atoms with E-state index in [0.717, 1.165) is 0 Å². The van der Waals surface area contributed by atoms with E-state index in [1.807, 2.05) is 0 Å². The van der Waals surface area contributed by atoms with Crippen molar-refractivity contribution in [2.75, 3.05) is 11.5 Å². The van der Waals surface area contributed by atoms with Gasteiger partial charge in [-0.1, -0.05) is 13.8 Å². The maximum atomic E-state index is 11.6. The summed E-state index contributed by atoms with van der Waals surface area (Å²) in [6, 6.07) is 0. The molecule has 7 heteroatoms. The van der Waals surface area contributed by atoms with Gasteiger partial charge >= 0.3 is 11.9 Å². The molecule has 1 fully saturated rings. The second-order valence-corrected chi connectivity index (χ2v) is 7.86. The average molecular weight is 262 g/mol. The van der Waals surface area contributed by atoms with Crippen molar-refractivity contribution in [1.82, 2.24) is 0 Å². The van der Waals surface area contributed by atoms with Crippen molar-refractivity contribution in [3.8, 4) is 0 Å². The summed E-state index contributed by atoms with van der Waals surface area (Å²) in [5.41, 5.74) is 0. The molecule has 2 atom stereocenters. The molecule has 1 rings (SSSR count). The molecule has 0 aliphatic carbocycles. The smallest absolute Gasteiger partial charge is 0.323 e. The zero-order valence-electron chi connectivity index (χ0n) is 9.50. The van der Waals surface area contributed by atoms with Gasteiger partial charge in [0.25, 0.3) is 0 Å². The van der Waals surface area contributed by atoms with Gasteiger partial charge in [0, 0.05) is 0 Å². The van der Waals surface area contributed by atoms with E-state index in [9.17, 15) is 19.2 Å². The highest BCUT2D eigenvalue weighted by Crippen LogP contribution is 2.61. The van der Waals surface area contributed by atoms with Gasteiger partial charge in [-0.3, -0.25) is 19.2 Å². The minimum absolute atomic E-state index is 0.245. The molecule has 0 spiro atoms. The van der Waals surface area contributed by atoms with Crippen LogP contribution in [-0.2, 0) is 19.2 Å². The monoisotopic (exact) mass is 262 g/mol. The third-order valence-electron chi connectivity index (χ3n) is 3.18. The standard InChI is InChI=1S/C10H14O6S/c1-3-17(4-2)7(9(13)14)5(11)6(12)8(17)10(15)16/h7-8H,3-4H2,1-2H3,(H,13,14)(H,15,16). The third-order valence-corrected chi connectivity index (χ3v) is 8.04. The molecule has 17 heavy (non-hydrogen) atoms. The summed E-state index contributed by atoms with van der Waals surface area (Å²) in [4.78, 5) is 45.5. The fourth-order valence-corrected chi connectivity index (χ4v) is 6.22. The second-order valence-electron chi connectivity index (χ2n) is 3.75. The number of ketones is 2. The summed E-state index contributed by atoms with van der Waals surface area (Å²) in [6.07, 6.45) is 0. The van der Waals surface area contributed by atoms with Crippen molar-refractivity contribution >= 4 is 33.5 Å². The first kappa shape index (κ1) is 13.7. The summed E-state index contributed by atoms with van der Waals surface area (Å²) < 4.78 is 0. The molecular weight excluding hydrogens is 248 g/mol. The summed E-state index contributed by atoms with van der Waals surface area (Å²) in [6.45, 7) is 3.27. The molecule has 1 aliphatic heterocycles. The molecule has 1 aliphatic rings. The Labute approximate surface area is 99.3 Å². The van der Waals surface area contributed by atoms with Crippen molar-refractivity contribution in [3.05, 3.63) is 0 Å². The van der Waals surface area contributed by atoms with Crippen molar-refractivity contribution < 1.29 is 29.4 Å². The number of carbonyl (C=O) groups is 4. The lowest BCUT2D eigenvalue weighted by atomic mass is 10.1. The van der Waals surface area contributed by atoms with E-state index in [4.69, 9.17) is 10.2 Å². The highest BCUT2D eigenvalue weighted by Gasteiger charge is 2.61. The Morgan fingerprint density at radius 3 is 1.47 bits per heavy atom. The van der Waals surface area contributed by atoms with Crippen LogP contribution in [0, 0.1) is 0 Å². The molecule has 0 aromatic rings. The number of hydrogen-bond acceptors (Lipinski definition) is 4.